The van der Waals surface area contributed by atoms with Crippen molar-refractivity contribution in [3.05, 3.63) is 65.4 Å². The Bertz CT molecular complexity index is 1030. The van der Waals surface area contributed by atoms with Crippen molar-refractivity contribution in [1.82, 2.24) is 10.2 Å². The molecule has 4 rings (SSSR count). The maximum atomic E-state index is 12.7. The summed E-state index contributed by atoms with van der Waals surface area (Å²) in [5, 5.41) is 9.87. The van der Waals surface area contributed by atoms with Crippen molar-refractivity contribution in [2.24, 2.45) is 0 Å². The highest BCUT2D eigenvalue weighted by Gasteiger charge is 2.26. The van der Waals surface area contributed by atoms with Crippen LogP contribution in [0.5, 0.6) is 5.75 Å². The molecule has 0 fully saturated rings. The monoisotopic (exact) mass is 363 g/mol. The number of nitrogens with one attached hydrogen (secondary N) is 2. The fourth-order valence-electron chi connectivity index (χ4n) is 2.99. The normalized spacial score (nSPS) is 11.7. The molecule has 1 aliphatic heterocycles. The number of nitrogens with zero attached hydrogens (tertiary/aromatic N) is 1. The molecule has 0 radical (unpaired) electrons. The van der Waals surface area contributed by atoms with E-state index in [0.29, 0.717) is 28.2 Å². The van der Waals surface area contributed by atoms with Gasteiger partial charge in [0.1, 0.15) is 23.7 Å². The number of para-hydroxylation sites is 1. The SMILES string of the molecule is CCOC(=O)c1cccc(NC(=O)c2[nH]nc3c2COc2ccccc2-3)c1. The first-order valence-corrected chi connectivity index (χ1v) is 8.55. The number of H-pyrrole nitrogens is 1. The molecular weight excluding hydrogens is 346 g/mol. The smallest absolute Gasteiger partial charge is 0.338 e. The van der Waals surface area contributed by atoms with Gasteiger partial charge in [-0.05, 0) is 37.3 Å². The third-order valence-corrected chi connectivity index (χ3v) is 4.24. The number of rotatable bonds is 4. The molecule has 2 aromatic carbocycles. The van der Waals surface area contributed by atoms with E-state index in [1.807, 2.05) is 24.3 Å². The Morgan fingerprint density at radius 2 is 2.07 bits per heavy atom. The Hall–Kier alpha value is -3.61. The van der Waals surface area contributed by atoms with Crippen LogP contribution in [0.3, 0.4) is 0 Å². The number of hydrogen-bond donors (Lipinski definition) is 2. The lowest BCUT2D eigenvalue weighted by Gasteiger charge is -2.17. The fourth-order valence-corrected chi connectivity index (χ4v) is 2.99. The standard InChI is InChI=1S/C20H17N3O4/c1-2-26-20(25)12-6-5-7-13(10-12)21-19(24)18-15-11-27-16-9-4-3-8-14(16)17(15)22-23-18/h3-10H,2,11H2,1H3,(H,21,24)(H,22,23). The van der Waals surface area contributed by atoms with Gasteiger partial charge in [-0.25, -0.2) is 4.79 Å². The van der Waals surface area contributed by atoms with E-state index in [0.717, 1.165) is 11.3 Å². The quantitative estimate of drug-likeness (QED) is 0.693. The zero-order valence-corrected chi connectivity index (χ0v) is 14.6. The number of fused-ring (bicyclic) bond motifs is 3. The summed E-state index contributed by atoms with van der Waals surface area (Å²) in [4.78, 5) is 24.6. The number of ether oxygens (including phenoxy) is 2. The van der Waals surface area contributed by atoms with Crippen molar-refractivity contribution in [2.45, 2.75) is 13.5 Å². The summed E-state index contributed by atoms with van der Waals surface area (Å²) in [7, 11) is 0. The van der Waals surface area contributed by atoms with Crippen molar-refractivity contribution >= 4 is 17.6 Å². The second-order valence-electron chi connectivity index (χ2n) is 5.97. The lowest BCUT2D eigenvalue weighted by atomic mass is 10.0. The first-order valence-electron chi connectivity index (χ1n) is 8.55. The van der Waals surface area contributed by atoms with Gasteiger partial charge >= 0.3 is 5.97 Å². The van der Waals surface area contributed by atoms with E-state index in [4.69, 9.17) is 9.47 Å². The van der Waals surface area contributed by atoms with Gasteiger partial charge in [-0.2, -0.15) is 5.10 Å². The van der Waals surface area contributed by atoms with Crippen molar-refractivity contribution in [3.63, 3.8) is 0 Å². The average Bonchev–Trinajstić information content (AvgIpc) is 3.13. The van der Waals surface area contributed by atoms with E-state index in [9.17, 15) is 9.59 Å². The van der Waals surface area contributed by atoms with Crippen LogP contribution < -0.4 is 10.1 Å². The van der Waals surface area contributed by atoms with Crippen molar-refractivity contribution < 1.29 is 19.1 Å². The van der Waals surface area contributed by atoms with Gasteiger partial charge in [-0.3, -0.25) is 9.89 Å². The van der Waals surface area contributed by atoms with Crippen LogP contribution in [0.2, 0.25) is 0 Å². The summed E-state index contributed by atoms with van der Waals surface area (Å²) >= 11 is 0. The Labute approximate surface area is 155 Å². The molecule has 0 unspecified atom stereocenters. The molecule has 0 atom stereocenters. The third-order valence-electron chi connectivity index (χ3n) is 4.24. The van der Waals surface area contributed by atoms with Crippen LogP contribution in [0.15, 0.2) is 48.5 Å². The van der Waals surface area contributed by atoms with E-state index in [-0.39, 0.29) is 19.1 Å². The summed E-state index contributed by atoms with van der Waals surface area (Å²) in [5.41, 5.74) is 3.46. The summed E-state index contributed by atoms with van der Waals surface area (Å²) < 4.78 is 10.7. The molecule has 0 bridgehead atoms. The second-order valence-corrected chi connectivity index (χ2v) is 5.97. The number of aromatic amines is 1. The Morgan fingerprint density at radius 1 is 1.22 bits per heavy atom. The zero-order valence-electron chi connectivity index (χ0n) is 14.6. The number of carbonyl (C=O) groups is 2. The van der Waals surface area contributed by atoms with Crippen LogP contribution in [0.1, 0.15) is 33.3 Å². The molecule has 0 aliphatic carbocycles. The molecular formula is C20H17N3O4. The van der Waals surface area contributed by atoms with Crippen LogP contribution >= 0.6 is 0 Å². The van der Waals surface area contributed by atoms with Gasteiger partial charge in [-0.15, -0.1) is 0 Å². The number of esters is 1. The largest absolute Gasteiger partial charge is 0.488 e. The highest BCUT2D eigenvalue weighted by molar-refractivity contribution is 6.05. The van der Waals surface area contributed by atoms with E-state index in [1.54, 1.807) is 31.2 Å². The molecule has 27 heavy (non-hydrogen) atoms. The maximum Gasteiger partial charge on any atom is 0.338 e. The van der Waals surface area contributed by atoms with Gasteiger partial charge in [0.05, 0.1) is 12.2 Å². The number of carbonyl (C=O) groups excluding carboxylic acids is 2. The fraction of sp³-hybridized carbons (Fsp3) is 0.150. The van der Waals surface area contributed by atoms with Crippen LogP contribution in [-0.4, -0.2) is 28.7 Å². The zero-order chi connectivity index (χ0) is 18.8. The Kier molecular flexibility index (Phi) is 4.33. The van der Waals surface area contributed by atoms with Crippen molar-refractivity contribution in [2.75, 3.05) is 11.9 Å². The van der Waals surface area contributed by atoms with Gasteiger partial charge < -0.3 is 14.8 Å². The Balaban J connectivity index is 1.58. The van der Waals surface area contributed by atoms with Crippen molar-refractivity contribution in [3.8, 4) is 17.0 Å². The lowest BCUT2D eigenvalue weighted by Crippen LogP contribution is -2.16. The molecule has 2 N–H and O–H groups in total. The van der Waals surface area contributed by atoms with E-state index >= 15 is 0 Å². The summed E-state index contributed by atoms with van der Waals surface area (Å²) in [6, 6.07) is 14.2. The molecule has 136 valence electrons. The summed E-state index contributed by atoms with van der Waals surface area (Å²) in [5.74, 6) is -0.0455. The third kappa shape index (κ3) is 3.15. The molecule has 0 saturated heterocycles. The van der Waals surface area contributed by atoms with Gasteiger partial charge in [-0.1, -0.05) is 18.2 Å². The molecule has 3 aromatic rings. The molecule has 1 amide bonds. The maximum absolute atomic E-state index is 12.7. The molecule has 7 nitrogen and oxygen atoms in total. The minimum Gasteiger partial charge on any atom is -0.488 e. The van der Waals surface area contributed by atoms with Crippen molar-refractivity contribution in [1.29, 1.82) is 0 Å². The van der Waals surface area contributed by atoms with Gasteiger partial charge in [0.25, 0.3) is 5.91 Å². The highest BCUT2D eigenvalue weighted by Crippen LogP contribution is 2.37. The van der Waals surface area contributed by atoms with E-state index in [1.165, 1.54) is 0 Å². The van der Waals surface area contributed by atoms with Gasteiger partial charge in [0.15, 0.2) is 0 Å². The number of amides is 1. The van der Waals surface area contributed by atoms with Crippen LogP contribution in [0.4, 0.5) is 5.69 Å². The molecule has 0 spiro atoms. The molecule has 1 aliphatic rings. The molecule has 7 heteroatoms. The predicted molar refractivity (Wildman–Crippen MR) is 98.7 cm³/mol. The molecule has 1 aromatic heterocycles. The first-order chi connectivity index (χ1) is 13.2. The van der Waals surface area contributed by atoms with Crippen LogP contribution in [-0.2, 0) is 11.3 Å². The minimum absolute atomic E-state index is 0.258. The first kappa shape index (κ1) is 16.8. The van der Waals surface area contributed by atoms with Gasteiger partial charge in [0, 0.05) is 16.8 Å². The second kappa shape index (κ2) is 6.95. The van der Waals surface area contributed by atoms with E-state index < -0.39 is 5.97 Å². The summed E-state index contributed by atoms with van der Waals surface area (Å²) in [6.07, 6.45) is 0. The average molecular weight is 363 g/mol. The number of hydrogen-bond acceptors (Lipinski definition) is 5. The number of aromatic nitrogens is 2. The minimum atomic E-state index is -0.433. The molecule has 0 saturated carbocycles. The van der Waals surface area contributed by atoms with Crippen LogP contribution in [0.25, 0.3) is 11.3 Å². The van der Waals surface area contributed by atoms with Crippen LogP contribution in [0, 0.1) is 0 Å². The number of anilines is 1. The predicted octanol–water partition coefficient (Wildman–Crippen LogP) is 3.40. The highest BCUT2D eigenvalue weighted by atomic mass is 16.5. The van der Waals surface area contributed by atoms with E-state index in [2.05, 4.69) is 15.5 Å². The Morgan fingerprint density at radius 3 is 2.93 bits per heavy atom. The molecule has 2 heterocycles. The summed E-state index contributed by atoms with van der Waals surface area (Å²) in [6.45, 7) is 2.29. The van der Waals surface area contributed by atoms with Gasteiger partial charge in [0.2, 0.25) is 0 Å². The number of benzene rings is 2. The lowest BCUT2D eigenvalue weighted by molar-refractivity contribution is 0.0526. The topological polar surface area (TPSA) is 93.3 Å².